The summed E-state index contributed by atoms with van der Waals surface area (Å²) in [5, 5.41) is 40.7. The Balaban J connectivity index is 3.81. The first-order valence-electron chi connectivity index (χ1n) is 3.89. The second-order valence-electron chi connectivity index (χ2n) is 1.25. The van der Waals surface area contributed by atoms with Crippen LogP contribution in [0.5, 0.6) is 0 Å². The maximum Gasteiger partial charge on any atom is 0.216 e. The highest BCUT2D eigenvalue weighted by atomic mass is 15.7. The van der Waals surface area contributed by atoms with Crippen LogP contribution in [-0.4, -0.2) is 0 Å². The normalized spacial score (nSPS) is 16.5. The molecule has 0 unspecified atom stereocenters. The average molecular weight is 228 g/mol. The largest absolute Gasteiger partial charge is 0.216 e. The van der Waals surface area contributed by atoms with Crippen LogP contribution in [0.15, 0.2) is 73.1 Å². The summed E-state index contributed by atoms with van der Waals surface area (Å²) in [7, 11) is 0. The lowest BCUT2D eigenvalue weighted by Crippen LogP contribution is -1.49. The van der Waals surface area contributed by atoms with Gasteiger partial charge in [0.1, 0.15) is 0 Å². The minimum atomic E-state index is 2.49. The number of nitrogens with one attached hydrogen (secondary N) is 2. The summed E-state index contributed by atoms with van der Waals surface area (Å²) < 4.78 is 12.4. The van der Waals surface area contributed by atoms with E-state index < -0.39 is 0 Å². The summed E-state index contributed by atoms with van der Waals surface area (Å²) in [4.78, 5) is 0. The highest BCUT2D eigenvalue weighted by molar-refractivity contribution is 4.11. The van der Waals surface area contributed by atoms with Crippen molar-refractivity contribution in [1.82, 2.24) is 0 Å². The quantitative estimate of drug-likeness (QED) is 0.472. The molecule has 0 aliphatic rings. The molecule has 0 amide bonds. The molecule has 0 aromatic heterocycles. The van der Waals surface area contributed by atoms with Crippen molar-refractivity contribution >= 4 is 0 Å². The van der Waals surface area contributed by atoms with E-state index in [-0.39, 0.29) is 0 Å². The Kier molecular flexibility index (Phi) is 6.90. The summed E-state index contributed by atoms with van der Waals surface area (Å²) in [6, 6.07) is 0. The van der Waals surface area contributed by atoms with Crippen molar-refractivity contribution in [1.29, 1.82) is 11.0 Å². The Morgan fingerprint density at radius 2 is 0.688 bits per heavy atom. The van der Waals surface area contributed by atoms with Gasteiger partial charge in [-0.15, -0.1) is 0 Å². The third kappa shape index (κ3) is 10.8. The van der Waals surface area contributed by atoms with Gasteiger partial charge in [0.2, 0.25) is 2.82 Å². The summed E-state index contributed by atoms with van der Waals surface area (Å²) in [6.07, 6.45) is 0. The van der Waals surface area contributed by atoms with E-state index in [2.05, 4.69) is 84.2 Å². The van der Waals surface area contributed by atoms with Gasteiger partial charge in [0, 0.05) is 0 Å². The molecule has 0 rings (SSSR count). The van der Waals surface area contributed by atoms with Crippen LogP contribution in [-0.2, 0) is 0 Å². The van der Waals surface area contributed by atoms with Gasteiger partial charge in [0.15, 0.2) is 0 Å². The first-order chi connectivity index (χ1) is 8.91. The van der Waals surface area contributed by atoms with Crippen LogP contribution in [0.1, 0.15) is 0 Å². The van der Waals surface area contributed by atoms with Crippen LogP contribution in [0.3, 0.4) is 0 Å². The van der Waals surface area contributed by atoms with Crippen molar-refractivity contribution in [3.63, 3.8) is 0 Å². The van der Waals surface area contributed by atoms with E-state index in [1.807, 2.05) is 0 Å². The zero-order chi connectivity index (χ0) is 13.3. The second kappa shape index (κ2) is 11.8. The molecule has 0 aromatic rings. The van der Waals surface area contributed by atoms with Crippen LogP contribution < -0.4 is 0 Å². The van der Waals surface area contributed by atoms with Crippen molar-refractivity contribution in [2.24, 2.45) is 73.1 Å². The van der Waals surface area contributed by atoms with Crippen molar-refractivity contribution in [2.75, 3.05) is 0 Å². The Hall–Kier alpha value is -3.20. The number of rotatable bonds is 7. The number of hydrogen-bond donors (Lipinski definition) is 2. The third-order valence-electron chi connectivity index (χ3n) is 0.520. The molecule has 82 valence electrons. The zero-order valence-electron chi connectivity index (χ0n) is 9.16. The lowest BCUT2D eigenvalue weighted by molar-refractivity contribution is 0.742. The number of nitrogens with zero attached hydrogens (tertiary/aromatic N) is 14. The van der Waals surface area contributed by atoms with Gasteiger partial charge in [-0.25, -0.2) is 0 Å². The fourth-order valence-electron chi connectivity index (χ4n) is 0.215. The minimum Gasteiger partial charge on any atom is -0.183 e. The van der Waals surface area contributed by atoms with Gasteiger partial charge in [0.05, 0.1) is 0 Å². The average Bonchev–Trinajstić information content (AvgIpc) is 2.39. The summed E-state index contributed by atoms with van der Waals surface area (Å²) in [5.74, 6) is 0. The van der Waals surface area contributed by atoms with E-state index >= 15 is 0 Å². The second-order valence-corrected chi connectivity index (χ2v) is 1.25. The molecular formula is H2N16. The molecular weight excluding hydrogens is 224 g/mol. The fraction of sp³-hybridized carbons (Fsp3) is 0. The fourth-order valence-corrected chi connectivity index (χ4v) is 0.215. The van der Waals surface area contributed by atoms with Gasteiger partial charge in [-0.2, -0.15) is 11.0 Å². The smallest absolute Gasteiger partial charge is 0.183 e. The number of hydrogen-bond acceptors (Lipinski definition) is 2. The highest BCUT2D eigenvalue weighted by Crippen LogP contribution is 1.87. The highest BCUT2D eigenvalue weighted by Gasteiger charge is 1.69. The molecule has 0 spiro atoms. The van der Waals surface area contributed by atoms with E-state index in [9.17, 15) is 0 Å². The van der Waals surface area contributed by atoms with E-state index in [0.29, 0.717) is 0 Å². The molecule has 0 atom stereocenters. The van der Waals surface area contributed by atoms with E-state index in [1.54, 1.807) is 0 Å². The van der Waals surface area contributed by atoms with Gasteiger partial charge < -0.3 is 0 Å². The summed E-state index contributed by atoms with van der Waals surface area (Å²) in [5.41, 5.74) is 4.99. The molecule has 0 bridgehead atoms. The zero-order valence-corrected chi connectivity index (χ0v) is 7.16. The van der Waals surface area contributed by atoms with Crippen molar-refractivity contribution in [3.05, 3.63) is 0 Å². The molecule has 0 saturated heterocycles. The standard InChI is InChI=1S/H2N16/c1-3-5-7-9-11-13-15-16-14-12-10-8-6-4-2/h1-2H/b3-1?,4-2?,7-5+,8-6+,11-9+,12-10+,15-13+,16-14+/i/hD2. The molecule has 0 saturated carbocycles. The topological polar surface area (TPSA) is 221 Å². The van der Waals surface area contributed by atoms with E-state index in [0.717, 1.165) is 0 Å². The molecule has 0 aliphatic carbocycles. The lowest BCUT2D eigenvalue weighted by atomic mass is 12.3. The van der Waals surface area contributed by atoms with Crippen molar-refractivity contribution in [3.8, 4) is 0 Å². The van der Waals surface area contributed by atoms with Gasteiger partial charge in [0.25, 0.3) is 0 Å². The third-order valence-corrected chi connectivity index (χ3v) is 0.520. The van der Waals surface area contributed by atoms with Crippen LogP contribution >= 0.6 is 0 Å². The molecule has 0 fully saturated rings. The Morgan fingerprint density at radius 3 is 0.938 bits per heavy atom. The van der Waals surface area contributed by atoms with Gasteiger partial charge in [-0.1, -0.05) is 0 Å². The minimum absolute atomic E-state index is 2.49. The van der Waals surface area contributed by atoms with Crippen LogP contribution in [0, 0.1) is 11.0 Å². The summed E-state index contributed by atoms with van der Waals surface area (Å²) >= 11 is 0. The predicted molar refractivity (Wildman–Crippen MR) is 39.4 cm³/mol. The SMILES string of the molecule is [2H]N=N/N=N/N=N/N=N/N=N/N=N/N=N/N=N[2H]. The Bertz CT molecular complexity index is 363. The van der Waals surface area contributed by atoms with Gasteiger partial charge >= 0.3 is 0 Å². The predicted octanol–water partition coefficient (Wildman–Crippen LogP) is 3.17. The van der Waals surface area contributed by atoms with Gasteiger partial charge in [-0.3, -0.25) is 0 Å². The molecule has 0 heterocycles. The van der Waals surface area contributed by atoms with Crippen molar-refractivity contribution in [2.45, 2.75) is 0 Å². The molecule has 16 heavy (non-hydrogen) atoms. The first kappa shape index (κ1) is 9.36. The van der Waals surface area contributed by atoms with Crippen molar-refractivity contribution < 1.29 is 2.82 Å². The molecule has 0 aromatic carbocycles. The summed E-state index contributed by atoms with van der Waals surface area (Å²) in [6.45, 7) is 0. The molecule has 0 radical (unpaired) electrons. The van der Waals surface area contributed by atoms with Crippen LogP contribution in [0.2, 0.25) is 2.82 Å². The molecule has 2 N–H and O–H groups in total. The maximum absolute atomic E-state index is 6.18. The lowest BCUT2D eigenvalue weighted by Gasteiger charge is -1.68. The Morgan fingerprint density at radius 1 is 0.438 bits per heavy atom. The molecule has 16 heteroatoms. The van der Waals surface area contributed by atoms with Crippen LogP contribution in [0.4, 0.5) is 0 Å². The molecule has 0 aliphatic heterocycles. The monoisotopic (exact) mass is 228 g/mol. The van der Waals surface area contributed by atoms with E-state index in [1.165, 1.54) is 0 Å². The Labute approximate surface area is 88.2 Å². The van der Waals surface area contributed by atoms with Gasteiger partial charge in [-0.05, 0) is 73.1 Å². The maximum atomic E-state index is 6.18. The first-order valence-corrected chi connectivity index (χ1v) is 3.00. The van der Waals surface area contributed by atoms with E-state index in [4.69, 9.17) is 2.82 Å². The molecule has 16 nitrogen and oxygen atoms in total. The van der Waals surface area contributed by atoms with Crippen LogP contribution in [0.25, 0.3) is 0 Å².